The fourth-order valence-electron chi connectivity index (χ4n) is 5.06. The lowest BCUT2D eigenvalue weighted by Crippen LogP contribution is -2.67. The number of hydrogen-bond donors (Lipinski definition) is 3. The highest BCUT2D eigenvalue weighted by Crippen LogP contribution is 2.44. The van der Waals surface area contributed by atoms with E-state index in [0.717, 1.165) is 5.57 Å². The van der Waals surface area contributed by atoms with E-state index in [0.29, 0.717) is 13.0 Å². The van der Waals surface area contributed by atoms with E-state index >= 15 is 0 Å². The molecule has 1 aliphatic rings. The average molecular weight is 441 g/mol. The van der Waals surface area contributed by atoms with Crippen molar-refractivity contribution in [1.82, 2.24) is 0 Å². The minimum atomic E-state index is -2.75. The number of aliphatic hydroxyl groups excluding tert-OH is 3. The number of aliphatic hydroxyl groups is 3. The van der Waals surface area contributed by atoms with Crippen LogP contribution in [0.1, 0.15) is 34.1 Å². The van der Waals surface area contributed by atoms with Gasteiger partial charge in [-0.3, -0.25) is 0 Å². The van der Waals surface area contributed by atoms with Gasteiger partial charge in [-0.25, -0.2) is 0 Å². The van der Waals surface area contributed by atoms with Crippen LogP contribution in [0.4, 0.5) is 0 Å². The van der Waals surface area contributed by atoms with E-state index in [1.54, 1.807) is 0 Å². The van der Waals surface area contributed by atoms with Gasteiger partial charge in [0.05, 0.1) is 19.3 Å². The molecule has 0 saturated carbocycles. The summed E-state index contributed by atoms with van der Waals surface area (Å²) in [5.74, 6) is -0.314. The maximum atomic E-state index is 10.9. The fraction of sp³-hybridized carbons (Fsp3) is 0.462. The van der Waals surface area contributed by atoms with Crippen LogP contribution >= 0.6 is 0 Å². The van der Waals surface area contributed by atoms with Crippen LogP contribution in [0.25, 0.3) is 0 Å². The van der Waals surface area contributed by atoms with Crippen LogP contribution in [0, 0.1) is 11.3 Å². The molecule has 0 spiro atoms. The van der Waals surface area contributed by atoms with Crippen LogP contribution in [-0.4, -0.2) is 49.6 Å². The zero-order chi connectivity index (χ0) is 22.7. The molecule has 3 rings (SSSR count). The Kier molecular flexibility index (Phi) is 7.23. The largest absolute Gasteiger partial charge is 0.407 e. The van der Waals surface area contributed by atoms with Crippen LogP contribution in [0.2, 0.25) is 5.04 Å². The number of benzene rings is 2. The lowest BCUT2D eigenvalue weighted by molar-refractivity contribution is -0.0264. The van der Waals surface area contributed by atoms with Gasteiger partial charge >= 0.3 is 0 Å². The molecule has 0 aliphatic heterocycles. The second-order valence-electron chi connectivity index (χ2n) is 9.85. The van der Waals surface area contributed by atoms with Crippen molar-refractivity contribution in [2.45, 2.75) is 45.3 Å². The van der Waals surface area contributed by atoms with E-state index in [2.05, 4.69) is 69.3 Å². The molecule has 2 aromatic carbocycles. The first kappa shape index (κ1) is 23.9. The van der Waals surface area contributed by atoms with E-state index in [9.17, 15) is 15.3 Å². The summed E-state index contributed by atoms with van der Waals surface area (Å²) < 4.78 is 7.03. The second kappa shape index (κ2) is 9.39. The molecule has 0 bridgehead atoms. The summed E-state index contributed by atoms with van der Waals surface area (Å²) in [6, 6.07) is 20.8. The van der Waals surface area contributed by atoms with Crippen LogP contribution in [0.15, 0.2) is 72.3 Å². The Morgan fingerprint density at radius 2 is 1.48 bits per heavy atom. The van der Waals surface area contributed by atoms with E-state index in [1.165, 1.54) is 10.4 Å². The lowest BCUT2D eigenvalue weighted by atomic mass is 9.66. The van der Waals surface area contributed by atoms with Crippen molar-refractivity contribution >= 4 is 18.7 Å². The molecule has 0 amide bonds. The molecular weight excluding hydrogens is 404 g/mol. The minimum absolute atomic E-state index is 0.126. The highest BCUT2D eigenvalue weighted by Gasteiger charge is 2.52. The van der Waals surface area contributed by atoms with Gasteiger partial charge in [0, 0.05) is 17.9 Å². The first-order chi connectivity index (χ1) is 14.7. The Hall–Kier alpha value is -1.76. The summed E-state index contributed by atoms with van der Waals surface area (Å²) in [4.78, 5) is 0. The second-order valence-corrected chi connectivity index (χ2v) is 14.2. The van der Waals surface area contributed by atoms with Crippen LogP contribution in [0.3, 0.4) is 0 Å². The van der Waals surface area contributed by atoms with Crippen LogP contribution < -0.4 is 10.4 Å². The molecule has 168 valence electrons. The Morgan fingerprint density at radius 1 is 0.968 bits per heavy atom. The van der Waals surface area contributed by atoms with E-state index in [1.807, 2.05) is 25.1 Å². The van der Waals surface area contributed by atoms with E-state index in [4.69, 9.17) is 4.43 Å². The predicted octanol–water partition coefficient (Wildman–Crippen LogP) is 2.86. The third-order valence-electron chi connectivity index (χ3n) is 7.02. The molecule has 3 atom stereocenters. The molecule has 0 unspecified atom stereocenters. The van der Waals surface area contributed by atoms with Gasteiger partial charge in [0.2, 0.25) is 0 Å². The van der Waals surface area contributed by atoms with Gasteiger partial charge in [-0.05, 0) is 27.4 Å². The molecule has 2 aromatic rings. The first-order valence-corrected chi connectivity index (χ1v) is 13.0. The van der Waals surface area contributed by atoms with Gasteiger partial charge in [0.15, 0.2) is 0 Å². The standard InChI is InChI=1S/C26H36O4Si/c1-25(2,3)31(21-11-7-5-8-12-21,22-13-9-6-10-14-22)30-18-23-24(29)16-15-20(17-27)26(23,4)19-28/h5-15,23-24,27-29H,16-19H2,1-4H3/t23-,24-,26-/m0/s1. The third kappa shape index (κ3) is 4.30. The summed E-state index contributed by atoms with van der Waals surface area (Å²) in [6.45, 7) is 8.62. The molecule has 3 N–H and O–H groups in total. The summed E-state index contributed by atoms with van der Waals surface area (Å²) in [5, 5.41) is 33.2. The molecule has 0 aromatic heterocycles. The normalized spacial score (nSPS) is 24.7. The molecule has 1 aliphatic carbocycles. The molecule has 0 radical (unpaired) electrons. The van der Waals surface area contributed by atoms with Crippen LogP contribution in [0.5, 0.6) is 0 Å². The quantitative estimate of drug-likeness (QED) is 0.457. The van der Waals surface area contributed by atoms with Crippen molar-refractivity contribution in [2.24, 2.45) is 11.3 Å². The number of hydrogen-bond acceptors (Lipinski definition) is 4. The topological polar surface area (TPSA) is 69.9 Å². The zero-order valence-corrected chi connectivity index (χ0v) is 20.1. The van der Waals surface area contributed by atoms with Crippen molar-refractivity contribution in [1.29, 1.82) is 0 Å². The van der Waals surface area contributed by atoms with Crippen molar-refractivity contribution in [3.63, 3.8) is 0 Å². The molecule has 4 nitrogen and oxygen atoms in total. The fourth-order valence-corrected chi connectivity index (χ4v) is 9.64. The summed E-state index contributed by atoms with van der Waals surface area (Å²) in [7, 11) is -2.75. The Morgan fingerprint density at radius 3 is 1.90 bits per heavy atom. The van der Waals surface area contributed by atoms with E-state index in [-0.39, 0.29) is 24.2 Å². The maximum Gasteiger partial charge on any atom is 0.261 e. The lowest BCUT2D eigenvalue weighted by Gasteiger charge is -2.48. The summed E-state index contributed by atoms with van der Waals surface area (Å²) in [6.07, 6.45) is 1.69. The molecule has 0 saturated heterocycles. The van der Waals surface area contributed by atoms with Gasteiger partial charge in [-0.1, -0.05) is 94.4 Å². The van der Waals surface area contributed by atoms with Crippen molar-refractivity contribution in [3.05, 3.63) is 72.3 Å². The average Bonchev–Trinajstić information content (AvgIpc) is 2.76. The van der Waals surface area contributed by atoms with Gasteiger partial charge < -0.3 is 19.7 Å². The Bertz CT molecular complexity index is 836. The van der Waals surface area contributed by atoms with Crippen LogP contribution in [-0.2, 0) is 4.43 Å². The molecule has 0 heterocycles. The van der Waals surface area contributed by atoms with Gasteiger partial charge in [0.25, 0.3) is 8.32 Å². The van der Waals surface area contributed by atoms with Gasteiger partial charge in [-0.2, -0.15) is 0 Å². The summed E-state index contributed by atoms with van der Waals surface area (Å²) in [5.41, 5.74) is 0.0500. The zero-order valence-electron chi connectivity index (χ0n) is 19.1. The van der Waals surface area contributed by atoms with Crippen molar-refractivity contribution in [2.75, 3.05) is 19.8 Å². The maximum absolute atomic E-state index is 10.9. The molecular formula is C26H36O4Si. The van der Waals surface area contributed by atoms with Gasteiger partial charge in [0.1, 0.15) is 0 Å². The highest BCUT2D eigenvalue weighted by molar-refractivity contribution is 6.99. The smallest absolute Gasteiger partial charge is 0.261 e. The minimum Gasteiger partial charge on any atom is -0.407 e. The molecule has 5 heteroatoms. The predicted molar refractivity (Wildman–Crippen MR) is 128 cm³/mol. The molecule has 0 fully saturated rings. The third-order valence-corrected chi connectivity index (χ3v) is 12.0. The van der Waals surface area contributed by atoms with E-state index < -0.39 is 19.8 Å². The monoisotopic (exact) mass is 440 g/mol. The Balaban J connectivity index is 2.09. The molecule has 31 heavy (non-hydrogen) atoms. The van der Waals surface area contributed by atoms with Gasteiger partial charge in [-0.15, -0.1) is 0 Å². The van der Waals surface area contributed by atoms with Crippen molar-refractivity contribution < 1.29 is 19.7 Å². The Labute approximate surface area is 187 Å². The van der Waals surface area contributed by atoms with Crippen molar-refractivity contribution in [3.8, 4) is 0 Å². The summed E-state index contributed by atoms with van der Waals surface area (Å²) >= 11 is 0. The first-order valence-electron chi connectivity index (χ1n) is 11.0. The highest BCUT2D eigenvalue weighted by atomic mass is 28.4. The SMILES string of the molecule is CC(C)(C)[Si](OC[C@H]1[C@@H](O)CC=C(CO)[C@]1(C)CO)(c1ccccc1)c1ccccc1. The number of rotatable bonds is 7.